The lowest BCUT2D eigenvalue weighted by Gasteiger charge is -2.10. The van der Waals surface area contributed by atoms with Crippen LogP contribution in [0.25, 0.3) is 20.9 Å². The van der Waals surface area contributed by atoms with E-state index in [1.165, 1.54) is 0 Å². The zero-order chi connectivity index (χ0) is 32.8. The van der Waals surface area contributed by atoms with Gasteiger partial charge in [0.1, 0.15) is 22.5 Å². The van der Waals surface area contributed by atoms with Gasteiger partial charge in [-0.25, -0.2) is 35.1 Å². The van der Waals surface area contributed by atoms with Gasteiger partial charge in [0.05, 0.1) is 0 Å². The van der Waals surface area contributed by atoms with E-state index in [2.05, 4.69) is 30.7 Å². The van der Waals surface area contributed by atoms with Gasteiger partial charge >= 0.3 is 0 Å². The molecule has 2 aromatic rings. The van der Waals surface area contributed by atoms with Crippen LogP contribution in [0.15, 0.2) is 10.2 Å². The Morgan fingerprint density at radius 3 is 0.977 bits per heavy atom. The average Bonchev–Trinajstić information content (AvgIpc) is 2.99. The number of unbranched alkanes of at least 4 members (excludes halogenated alkanes) is 9. The lowest BCUT2D eigenvalue weighted by molar-refractivity contribution is 0.0933. The molecular weight excluding hydrogens is 608 g/mol. The third-order valence-electron chi connectivity index (χ3n) is 6.40. The minimum Gasteiger partial charge on any atom is -0.352 e. The fourth-order valence-electron chi connectivity index (χ4n) is 4.15. The average molecular weight is 635 g/mol. The first-order chi connectivity index (χ1) is 21.0. The Bertz CT molecular complexity index is 1310. The summed E-state index contributed by atoms with van der Waals surface area (Å²) < 4.78 is 111. The molecule has 10 nitrogen and oxygen atoms in total. The van der Waals surface area contributed by atoms with Gasteiger partial charge in [0.25, 0.3) is 11.8 Å². The van der Waals surface area contributed by atoms with E-state index in [0.717, 1.165) is 38.5 Å². The van der Waals surface area contributed by atoms with Crippen LogP contribution in [0, 0.1) is 46.5 Å². The molecule has 18 heteroatoms. The predicted octanol–water partition coefficient (Wildman–Crippen LogP) is 8.74. The van der Waals surface area contributed by atoms with E-state index in [1.54, 1.807) is 0 Å². The molecule has 0 unspecified atom stereocenters. The van der Waals surface area contributed by atoms with Crippen LogP contribution in [0.4, 0.5) is 46.5 Å². The maximum Gasteiger partial charge on any atom is 0.257 e. The molecule has 238 valence electrons. The molecule has 0 aliphatic rings. The predicted molar refractivity (Wildman–Crippen MR) is 141 cm³/mol. The summed E-state index contributed by atoms with van der Waals surface area (Å²) in [6.45, 7) is -0.000381. The zero-order valence-electron chi connectivity index (χ0n) is 23.0. The molecule has 0 aromatic heterocycles. The smallest absolute Gasteiger partial charge is 0.257 e. The number of carbonyl (C=O) groups excluding carboxylic acids is 2. The quantitative estimate of drug-likeness (QED) is 0.0446. The fourth-order valence-corrected chi connectivity index (χ4v) is 4.15. The third kappa shape index (κ3) is 8.97. The van der Waals surface area contributed by atoms with E-state index in [1.807, 2.05) is 0 Å². The molecule has 2 amide bonds. The topological polar surface area (TPSA) is 156 Å². The summed E-state index contributed by atoms with van der Waals surface area (Å²) in [7, 11) is 0. The molecule has 2 aromatic carbocycles. The monoisotopic (exact) mass is 634 g/mol. The first kappa shape index (κ1) is 35.6. The van der Waals surface area contributed by atoms with Crippen molar-refractivity contribution in [3.63, 3.8) is 0 Å². The molecule has 0 heterocycles. The van der Waals surface area contributed by atoms with Gasteiger partial charge in [-0.15, -0.1) is 0 Å². The van der Waals surface area contributed by atoms with E-state index in [0.29, 0.717) is 25.7 Å². The molecule has 0 radical (unpaired) electrons. The summed E-state index contributed by atoms with van der Waals surface area (Å²) >= 11 is 0. The maximum atomic E-state index is 14.0. The highest BCUT2D eigenvalue weighted by molar-refractivity contribution is 5.95. The van der Waals surface area contributed by atoms with Crippen molar-refractivity contribution in [1.29, 1.82) is 0 Å². The normalized spacial score (nSPS) is 10.6. The highest BCUT2D eigenvalue weighted by Crippen LogP contribution is 2.31. The number of benzene rings is 2. The summed E-state index contributed by atoms with van der Waals surface area (Å²) in [4.78, 5) is 28.2. The number of azide groups is 2. The second-order valence-electron chi connectivity index (χ2n) is 9.39. The number of rotatable bonds is 17. The molecule has 0 bridgehead atoms. The molecule has 2 rings (SSSR count). The lowest BCUT2D eigenvalue weighted by Crippen LogP contribution is -2.27. The molecule has 0 fully saturated rings. The molecule has 0 spiro atoms. The Morgan fingerprint density at radius 1 is 0.477 bits per heavy atom. The van der Waals surface area contributed by atoms with Crippen LogP contribution in [-0.4, -0.2) is 24.9 Å². The van der Waals surface area contributed by atoms with E-state index in [-0.39, 0.29) is 13.1 Å². The number of carbonyl (C=O) groups is 2. The molecule has 0 saturated heterocycles. The van der Waals surface area contributed by atoms with Crippen LogP contribution in [-0.2, 0) is 0 Å². The van der Waals surface area contributed by atoms with Gasteiger partial charge in [0.15, 0.2) is 46.5 Å². The van der Waals surface area contributed by atoms with Crippen LogP contribution in [0.1, 0.15) is 84.9 Å². The van der Waals surface area contributed by atoms with Gasteiger partial charge in [-0.2, -0.15) is 0 Å². The van der Waals surface area contributed by atoms with Crippen molar-refractivity contribution < 1.29 is 44.7 Å². The summed E-state index contributed by atoms with van der Waals surface area (Å²) in [6.07, 6.45) is 7.25. The van der Waals surface area contributed by atoms with Gasteiger partial charge in [0, 0.05) is 22.9 Å². The van der Waals surface area contributed by atoms with Crippen molar-refractivity contribution in [3.8, 4) is 0 Å². The number of amides is 2. The Kier molecular flexibility index (Phi) is 14.2. The number of halogens is 8. The highest BCUT2D eigenvalue weighted by Gasteiger charge is 2.30. The molecule has 2 N–H and O–H groups in total. The number of hydrogen-bond acceptors (Lipinski definition) is 4. The van der Waals surface area contributed by atoms with E-state index in [4.69, 9.17) is 11.1 Å². The summed E-state index contributed by atoms with van der Waals surface area (Å²) in [5.41, 5.74) is 10.6. The van der Waals surface area contributed by atoms with Crippen molar-refractivity contribution in [2.75, 3.05) is 13.1 Å². The minimum absolute atomic E-state index is 0.000190. The molecule has 0 saturated carbocycles. The van der Waals surface area contributed by atoms with Crippen LogP contribution in [0.2, 0.25) is 0 Å². The van der Waals surface area contributed by atoms with Crippen molar-refractivity contribution in [1.82, 2.24) is 10.6 Å². The molecule has 0 atom stereocenters. The molecule has 0 aliphatic heterocycles. The van der Waals surface area contributed by atoms with Crippen LogP contribution >= 0.6 is 0 Å². The van der Waals surface area contributed by atoms with Gasteiger partial charge in [0.2, 0.25) is 0 Å². The van der Waals surface area contributed by atoms with E-state index < -0.39 is 80.9 Å². The number of nitrogens with zero attached hydrogens (tertiary/aromatic N) is 6. The second kappa shape index (κ2) is 17.5. The SMILES string of the molecule is [N-]=[N+]=Nc1c(F)c(F)c(C(=O)NCCCCCCCCCCCCNC(=O)c2c(F)c(F)c(N=[N+]=[N-])c(F)c2F)c(F)c1F. The first-order valence-electron chi connectivity index (χ1n) is 13.4. The fraction of sp³-hybridized carbons (Fsp3) is 0.462. The van der Waals surface area contributed by atoms with Crippen LogP contribution in [0.3, 0.4) is 0 Å². The van der Waals surface area contributed by atoms with Crippen LogP contribution in [0.5, 0.6) is 0 Å². The molecular formula is C26H26F8N8O2. The Morgan fingerprint density at radius 2 is 0.727 bits per heavy atom. The maximum absolute atomic E-state index is 14.0. The summed E-state index contributed by atoms with van der Waals surface area (Å²) in [5, 5.41) is 9.48. The molecule has 44 heavy (non-hydrogen) atoms. The van der Waals surface area contributed by atoms with Gasteiger partial charge in [-0.1, -0.05) is 61.6 Å². The second-order valence-corrected chi connectivity index (χ2v) is 9.39. The zero-order valence-corrected chi connectivity index (χ0v) is 23.0. The largest absolute Gasteiger partial charge is 0.352 e. The van der Waals surface area contributed by atoms with E-state index >= 15 is 0 Å². The van der Waals surface area contributed by atoms with Crippen LogP contribution < -0.4 is 10.6 Å². The minimum atomic E-state index is -1.98. The summed E-state index contributed by atoms with van der Waals surface area (Å²) in [5.74, 6) is -18.5. The molecule has 0 aliphatic carbocycles. The third-order valence-corrected chi connectivity index (χ3v) is 6.40. The lowest BCUT2D eigenvalue weighted by atomic mass is 10.1. The van der Waals surface area contributed by atoms with Gasteiger partial charge in [-0.05, 0) is 23.9 Å². The highest BCUT2D eigenvalue weighted by atomic mass is 19.2. The standard InChI is InChI=1S/C26H26F8N8O2/c27-15-13(16(28)20(32)23(19(15)31)39-41-35)25(43)37-11-9-7-5-3-1-2-4-6-8-10-12-38-26(44)14-17(29)21(33)24(40-42-36)22(34)18(14)30/h1-12H2,(H,37,43)(H,38,44). The first-order valence-corrected chi connectivity index (χ1v) is 13.4. The van der Waals surface area contributed by atoms with Crippen molar-refractivity contribution in [2.24, 2.45) is 10.2 Å². The Balaban J connectivity index is 1.58. The van der Waals surface area contributed by atoms with E-state index in [9.17, 15) is 44.7 Å². The number of hydrogen-bond donors (Lipinski definition) is 2. The Hall–Kier alpha value is -4.56. The van der Waals surface area contributed by atoms with Crippen molar-refractivity contribution in [2.45, 2.75) is 64.2 Å². The van der Waals surface area contributed by atoms with Gasteiger partial charge in [-0.3, -0.25) is 9.59 Å². The van der Waals surface area contributed by atoms with Gasteiger partial charge < -0.3 is 10.6 Å². The Labute approximate surface area is 245 Å². The number of nitrogens with one attached hydrogen (secondary N) is 2. The summed E-state index contributed by atoms with van der Waals surface area (Å²) in [6, 6.07) is 0. The van der Waals surface area contributed by atoms with Crippen molar-refractivity contribution in [3.05, 3.63) is 78.6 Å². The van der Waals surface area contributed by atoms with Crippen molar-refractivity contribution >= 4 is 23.2 Å².